The predicted molar refractivity (Wildman–Crippen MR) is 106 cm³/mol. The van der Waals surface area contributed by atoms with E-state index in [0.29, 0.717) is 18.5 Å². The minimum Gasteiger partial charge on any atom is -0.357 e. The van der Waals surface area contributed by atoms with Crippen molar-refractivity contribution in [1.82, 2.24) is 20.5 Å². The Kier molecular flexibility index (Phi) is 7.14. The molecule has 0 saturated carbocycles. The Balaban J connectivity index is 1.59. The molecule has 2 amide bonds. The highest BCUT2D eigenvalue weighted by Gasteiger charge is 2.36. The lowest BCUT2D eigenvalue weighted by Crippen LogP contribution is -2.46. The second-order valence-corrected chi connectivity index (χ2v) is 7.71. The van der Waals surface area contributed by atoms with Gasteiger partial charge in [-0.1, -0.05) is 6.42 Å². The number of aromatic nitrogens is 1. The van der Waals surface area contributed by atoms with Crippen molar-refractivity contribution in [2.24, 2.45) is 5.92 Å². The van der Waals surface area contributed by atoms with Crippen molar-refractivity contribution in [3.63, 3.8) is 0 Å². The van der Waals surface area contributed by atoms with Crippen LogP contribution in [0.15, 0.2) is 12.1 Å². The minimum absolute atomic E-state index is 0.178. The van der Waals surface area contributed by atoms with Gasteiger partial charge >= 0.3 is 0 Å². The predicted octanol–water partition coefficient (Wildman–Crippen LogP) is 1.45. The van der Waals surface area contributed by atoms with E-state index in [9.17, 15) is 14.4 Å². The average Bonchev–Trinajstić information content (AvgIpc) is 3.33. The molecule has 28 heavy (non-hydrogen) atoms. The first-order valence-corrected chi connectivity index (χ1v) is 10.3. The van der Waals surface area contributed by atoms with Gasteiger partial charge in [0.25, 0.3) is 5.91 Å². The third-order valence-corrected chi connectivity index (χ3v) is 5.78. The number of nitrogens with zero attached hydrogens (tertiary/aromatic N) is 2. The smallest absolute Gasteiger partial charge is 0.256 e. The summed E-state index contributed by atoms with van der Waals surface area (Å²) >= 11 is 0. The van der Waals surface area contributed by atoms with Crippen LogP contribution >= 0.6 is 0 Å². The van der Waals surface area contributed by atoms with E-state index in [0.717, 1.165) is 49.5 Å². The molecule has 0 aliphatic carbocycles. The SMILES string of the molecule is CNC(=O)C(CCC=O)N1Cc2nc(CCCCC3CCNC3)ccc2C1=O. The maximum atomic E-state index is 12.8. The van der Waals surface area contributed by atoms with Crippen molar-refractivity contribution < 1.29 is 14.4 Å². The summed E-state index contributed by atoms with van der Waals surface area (Å²) in [4.78, 5) is 41.9. The van der Waals surface area contributed by atoms with Crippen LogP contribution < -0.4 is 10.6 Å². The molecule has 2 N–H and O–H groups in total. The maximum absolute atomic E-state index is 12.8. The molecule has 2 unspecified atom stereocenters. The van der Waals surface area contributed by atoms with Crippen LogP contribution in [0.25, 0.3) is 0 Å². The van der Waals surface area contributed by atoms with Gasteiger partial charge in [0.1, 0.15) is 12.3 Å². The molecule has 0 aromatic carbocycles. The number of hydrogen-bond donors (Lipinski definition) is 2. The summed E-state index contributed by atoms with van der Waals surface area (Å²) in [7, 11) is 1.54. The third kappa shape index (κ3) is 4.76. The summed E-state index contributed by atoms with van der Waals surface area (Å²) in [5.74, 6) is 0.388. The van der Waals surface area contributed by atoms with Gasteiger partial charge in [-0.3, -0.25) is 14.6 Å². The molecule has 152 valence electrons. The molecule has 2 aliphatic rings. The van der Waals surface area contributed by atoms with E-state index in [1.54, 1.807) is 7.05 Å². The molecule has 1 saturated heterocycles. The molecular formula is C21H30N4O3. The summed E-state index contributed by atoms with van der Waals surface area (Å²) in [6.45, 7) is 2.61. The van der Waals surface area contributed by atoms with E-state index >= 15 is 0 Å². The van der Waals surface area contributed by atoms with Gasteiger partial charge in [-0.05, 0) is 63.2 Å². The molecule has 0 spiro atoms. The first-order valence-electron chi connectivity index (χ1n) is 10.3. The quantitative estimate of drug-likeness (QED) is 0.469. The summed E-state index contributed by atoms with van der Waals surface area (Å²) in [5, 5.41) is 6.00. The van der Waals surface area contributed by atoms with Gasteiger partial charge < -0.3 is 20.3 Å². The van der Waals surface area contributed by atoms with E-state index in [1.807, 2.05) is 12.1 Å². The number of aldehydes is 1. The number of unbranched alkanes of at least 4 members (excludes halogenated alkanes) is 1. The topological polar surface area (TPSA) is 91.4 Å². The Labute approximate surface area is 166 Å². The van der Waals surface area contributed by atoms with Crippen molar-refractivity contribution in [3.8, 4) is 0 Å². The Morgan fingerprint density at radius 1 is 1.43 bits per heavy atom. The van der Waals surface area contributed by atoms with E-state index in [1.165, 1.54) is 24.2 Å². The van der Waals surface area contributed by atoms with Crippen molar-refractivity contribution in [1.29, 1.82) is 0 Å². The number of aryl methyl sites for hydroxylation is 1. The standard InChI is InChI=1S/C21H30N4O3/c1-22-20(27)19(7-4-12-26)25-14-18-17(21(25)28)9-8-16(24-18)6-3-2-5-15-10-11-23-13-15/h8-9,12,15,19,23H,2-7,10-11,13-14H2,1H3,(H,22,27). The van der Waals surface area contributed by atoms with Gasteiger partial charge in [0.15, 0.2) is 0 Å². The molecule has 7 heteroatoms. The number of rotatable bonds is 10. The summed E-state index contributed by atoms with van der Waals surface area (Å²) in [5.41, 5.74) is 2.31. The van der Waals surface area contributed by atoms with Gasteiger partial charge in [0, 0.05) is 19.2 Å². The van der Waals surface area contributed by atoms with Crippen LogP contribution in [0.4, 0.5) is 0 Å². The van der Waals surface area contributed by atoms with Gasteiger partial charge in [0.05, 0.1) is 17.8 Å². The van der Waals surface area contributed by atoms with E-state index in [2.05, 4.69) is 10.6 Å². The van der Waals surface area contributed by atoms with Crippen LogP contribution in [-0.2, 0) is 22.6 Å². The largest absolute Gasteiger partial charge is 0.357 e. The molecule has 3 rings (SSSR count). The summed E-state index contributed by atoms with van der Waals surface area (Å²) in [6.07, 6.45) is 7.09. The zero-order valence-corrected chi connectivity index (χ0v) is 16.6. The Morgan fingerprint density at radius 3 is 3.00 bits per heavy atom. The Bertz CT molecular complexity index is 716. The molecule has 1 aromatic rings. The zero-order chi connectivity index (χ0) is 19.9. The third-order valence-electron chi connectivity index (χ3n) is 5.78. The number of carbonyl (C=O) groups excluding carboxylic acids is 3. The number of pyridine rings is 1. The minimum atomic E-state index is -0.639. The van der Waals surface area contributed by atoms with Crippen molar-refractivity contribution in [2.45, 2.75) is 57.5 Å². The number of fused-ring (bicyclic) bond motifs is 1. The van der Waals surface area contributed by atoms with Crippen LogP contribution in [0.5, 0.6) is 0 Å². The normalized spacial score (nSPS) is 19.5. The van der Waals surface area contributed by atoms with Crippen LogP contribution in [0.2, 0.25) is 0 Å². The van der Waals surface area contributed by atoms with Crippen LogP contribution in [0.3, 0.4) is 0 Å². The van der Waals surface area contributed by atoms with Gasteiger partial charge in [-0.25, -0.2) is 0 Å². The fourth-order valence-electron chi connectivity index (χ4n) is 4.16. The van der Waals surface area contributed by atoms with E-state index < -0.39 is 6.04 Å². The second-order valence-electron chi connectivity index (χ2n) is 7.71. The van der Waals surface area contributed by atoms with Crippen LogP contribution in [0.1, 0.15) is 60.3 Å². The number of carbonyl (C=O) groups is 3. The van der Waals surface area contributed by atoms with Crippen molar-refractivity contribution in [3.05, 3.63) is 29.1 Å². The lowest BCUT2D eigenvalue weighted by Gasteiger charge is -2.25. The molecule has 7 nitrogen and oxygen atoms in total. The summed E-state index contributed by atoms with van der Waals surface area (Å²) < 4.78 is 0. The molecule has 1 aromatic heterocycles. The monoisotopic (exact) mass is 386 g/mol. The number of likely N-dealkylation sites (N-methyl/N-ethyl adjacent to an activating group) is 1. The molecular weight excluding hydrogens is 356 g/mol. The molecule has 0 bridgehead atoms. The van der Waals surface area contributed by atoms with Crippen molar-refractivity contribution >= 4 is 18.1 Å². The maximum Gasteiger partial charge on any atom is 0.256 e. The Hall–Kier alpha value is -2.28. The lowest BCUT2D eigenvalue weighted by atomic mass is 10.00. The highest BCUT2D eigenvalue weighted by Crippen LogP contribution is 2.26. The van der Waals surface area contributed by atoms with Crippen molar-refractivity contribution in [2.75, 3.05) is 20.1 Å². The molecule has 0 radical (unpaired) electrons. The fraction of sp³-hybridized carbons (Fsp3) is 0.619. The second kappa shape index (κ2) is 9.78. The fourth-order valence-corrected chi connectivity index (χ4v) is 4.16. The first kappa shape index (κ1) is 20.5. The lowest BCUT2D eigenvalue weighted by molar-refractivity contribution is -0.125. The van der Waals surface area contributed by atoms with Gasteiger partial charge in [-0.15, -0.1) is 0 Å². The van der Waals surface area contributed by atoms with Gasteiger partial charge in [0.2, 0.25) is 5.91 Å². The van der Waals surface area contributed by atoms with Gasteiger partial charge in [-0.2, -0.15) is 0 Å². The summed E-state index contributed by atoms with van der Waals surface area (Å²) in [6, 6.07) is 3.12. The Morgan fingerprint density at radius 2 is 2.29 bits per heavy atom. The van der Waals surface area contributed by atoms with Crippen LogP contribution in [0, 0.1) is 5.92 Å². The number of nitrogens with one attached hydrogen (secondary N) is 2. The number of hydrogen-bond acceptors (Lipinski definition) is 5. The zero-order valence-electron chi connectivity index (χ0n) is 16.6. The molecule has 3 heterocycles. The highest BCUT2D eigenvalue weighted by molar-refractivity contribution is 6.00. The molecule has 1 fully saturated rings. The van der Waals surface area contributed by atoms with E-state index in [4.69, 9.17) is 4.98 Å². The number of amides is 2. The molecule has 2 atom stereocenters. The molecule has 2 aliphatic heterocycles. The van der Waals surface area contributed by atoms with Crippen LogP contribution in [-0.4, -0.2) is 54.2 Å². The highest BCUT2D eigenvalue weighted by atomic mass is 16.2. The average molecular weight is 386 g/mol. The van der Waals surface area contributed by atoms with E-state index in [-0.39, 0.29) is 18.2 Å². The first-order chi connectivity index (χ1) is 13.6.